The predicted molar refractivity (Wildman–Crippen MR) is 56.4 cm³/mol. The molecule has 0 aliphatic rings. The Morgan fingerprint density at radius 1 is 1.47 bits per heavy atom. The van der Waals surface area contributed by atoms with E-state index in [1.165, 1.54) is 19.1 Å². The van der Waals surface area contributed by atoms with E-state index in [-0.39, 0.29) is 5.69 Å². The number of amides is 1. The summed E-state index contributed by atoms with van der Waals surface area (Å²) in [5, 5.41) is 11.4. The Morgan fingerprint density at radius 3 is 2.65 bits per heavy atom. The van der Waals surface area contributed by atoms with Crippen LogP contribution in [0.25, 0.3) is 0 Å². The van der Waals surface area contributed by atoms with Crippen LogP contribution in [-0.4, -0.2) is 17.2 Å². The second-order valence-corrected chi connectivity index (χ2v) is 3.64. The second kappa shape index (κ2) is 5.18. The van der Waals surface area contributed by atoms with E-state index in [0.29, 0.717) is 5.56 Å². The third-order valence-electron chi connectivity index (χ3n) is 2.01. The number of hydrogen-bond donors (Lipinski definition) is 2. The molecule has 0 aromatic heterocycles. The summed E-state index contributed by atoms with van der Waals surface area (Å²) in [5.41, 5.74) is 0.757. The number of alkyl halides is 3. The van der Waals surface area contributed by atoms with Crippen molar-refractivity contribution >= 4 is 11.6 Å². The fourth-order valence-corrected chi connectivity index (χ4v) is 1.26. The third-order valence-corrected chi connectivity index (χ3v) is 2.01. The van der Waals surface area contributed by atoms with Crippen LogP contribution in [0.15, 0.2) is 24.3 Å². The first-order chi connectivity index (χ1) is 7.78. The van der Waals surface area contributed by atoms with Crippen molar-refractivity contribution in [2.45, 2.75) is 25.6 Å². The fourth-order valence-electron chi connectivity index (χ4n) is 1.26. The molecule has 0 saturated heterocycles. The van der Waals surface area contributed by atoms with E-state index in [1.54, 1.807) is 12.1 Å². The average molecular weight is 247 g/mol. The average Bonchev–Trinajstić information content (AvgIpc) is 2.14. The number of anilines is 1. The summed E-state index contributed by atoms with van der Waals surface area (Å²) in [4.78, 5) is 11.0. The molecular formula is C11H12F3NO2. The van der Waals surface area contributed by atoms with Gasteiger partial charge in [0.25, 0.3) is 0 Å². The van der Waals surface area contributed by atoms with Crippen LogP contribution in [-0.2, 0) is 4.79 Å². The van der Waals surface area contributed by atoms with E-state index >= 15 is 0 Å². The second-order valence-electron chi connectivity index (χ2n) is 3.64. The lowest BCUT2D eigenvalue weighted by Crippen LogP contribution is -2.21. The predicted octanol–water partition coefficient (Wildman–Crippen LogP) is 2.63. The number of benzene rings is 1. The zero-order chi connectivity index (χ0) is 13.1. The number of aliphatic hydroxyl groups is 1. The molecule has 0 fully saturated rings. The highest BCUT2D eigenvalue weighted by Gasteiger charge is 2.31. The number of carbonyl (C=O) groups excluding carboxylic acids is 1. The molecule has 1 aromatic carbocycles. The van der Waals surface area contributed by atoms with Gasteiger partial charge in [-0.05, 0) is 24.6 Å². The Bertz CT molecular complexity index is 402. The zero-order valence-corrected chi connectivity index (χ0v) is 9.08. The first-order valence-corrected chi connectivity index (χ1v) is 4.92. The molecule has 0 bridgehead atoms. The van der Waals surface area contributed by atoms with Crippen LogP contribution in [0.3, 0.4) is 0 Å². The van der Waals surface area contributed by atoms with Crippen molar-refractivity contribution in [2.75, 3.05) is 5.32 Å². The lowest BCUT2D eigenvalue weighted by Gasteiger charge is -2.10. The molecule has 0 aliphatic carbocycles. The summed E-state index contributed by atoms with van der Waals surface area (Å²) in [6.45, 7) is 1.52. The van der Waals surface area contributed by atoms with E-state index in [9.17, 15) is 23.1 Å². The summed E-state index contributed by atoms with van der Waals surface area (Å²) in [6, 6.07) is 6.05. The van der Waals surface area contributed by atoms with Gasteiger partial charge in [0.15, 0.2) is 0 Å². The van der Waals surface area contributed by atoms with Crippen molar-refractivity contribution in [3.63, 3.8) is 0 Å². The quantitative estimate of drug-likeness (QED) is 0.862. The number of halogens is 3. The maximum atomic E-state index is 11.9. The minimum Gasteiger partial charge on any atom is -0.389 e. The molecule has 0 heterocycles. The molecule has 0 saturated carbocycles. The molecule has 1 rings (SSSR count). The SMILES string of the molecule is CC(O)c1cccc(NC(=O)CC(F)(F)F)c1. The lowest BCUT2D eigenvalue weighted by molar-refractivity contribution is -0.150. The maximum absolute atomic E-state index is 11.9. The normalized spacial score (nSPS) is 13.2. The molecule has 94 valence electrons. The van der Waals surface area contributed by atoms with Gasteiger partial charge in [-0.1, -0.05) is 12.1 Å². The van der Waals surface area contributed by atoms with Crippen LogP contribution in [0.1, 0.15) is 25.0 Å². The molecular weight excluding hydrogens is 235 g/mol. The van der Waals surface area contributed by atoms with Crippen LogP contribution >= 0.6 is 0 Å². The van der Waals surface area contributed by atoms with Crippen LogP contribution in [0.4, 0.5) is 18.9 Å². The molecule has 6 heteroatoms. The monoisotopic (exact) mass is 247 g/mol. The summed E-state index contributed by atoms with van der Waals surface area (Å²) in [7, 11) is 0. The topological polar surface area (TPSA) is 49.3 Å². The van der Waals surface area contributed by atoms with Crippen molar-refractivity contribution in [1.82, 2.24) is 0 Å². The van der Waals surface area contributed by atoms with Crippen molar-refractivity contribution in [3.05, 3.63) is 29.8 Å². The van der Waals surface area contributed by atoms with E-state index in [0.717, 1.165) is 0 Å². The molecule has 3 nitrogen and oxygen atoms in total. The number of rotatable bonds is 3. The molecule has 1 atom stereocenters. The standard InChI is InChI=1S/C11H12F3NO2/c1-7(16)8-3-2-4-9(5-8)15-10(17)6-11(12,13)14/h2-5,7,16H,6H2,1H3,(H,15,17). The Hall–Kier alpha value is -1.56. The van der Waals surface area contributed by atoms with Gasteiger partial charge in [-0.15, -0.1) is 0 Å². The van der Waals surface area contributed by atoms with Crippen molar-refractivity contribution in [3.8, 4) is 0 Å². The van der Waals surface area contributed by atoms with Gasteiger partial charge in [-0.2, -0.15) is 13.2 Å². The summed E-state index contributed by atoms with van der Waals surface area (Å²) < 4.78 is 35.7. The molecule has 1 aromatic rings. The van der Waals surface area contributed by atoms with E-state index in [2.05, 4.69) is 5.32 Å². The van der Waals surface area contributed by atoms with Gasteiger partial charge in [-0.3, -0.25) is 4.79 Å². The summed E-state index contributed by atoms with van der Waals surface area (Å²) in [5.74, 6) is -1.12. The summed E-state index contributed by atoms with van der Waals surface area (Å²) >= 11 is 0. The minimum atomic E-state index is -4.52. The third kappa shape index (κ3) is 4.86. The molecule has 0 spiro atoms. The van der Waals surface area contributed by atoms with Gasteiger partial charge in [0.2, 0.25) is 5.91 Å². The Morgan fingerprint density at radius 2 is 2.12 bits per heavy atom. The Balaban J connectivity index is 2.69. The molecule has 0 radical (unpaired) electrons. The molecule has 17 heavy (non-hydrogen) atoms. The highest BCUT2D eigenvalue weighted by molar-refractivity contribution is 5.91. The van der Waals surface area contributed by atoms with Crippen LogP contribution in [0, 0.1) is 0 Å². The van der Waals surface area contributed by atoms with Gasteiger partial charge in [0.1, 0.15) is 6.42 Å². The van der Waals surface area contributed by atoms with Crippen molar-refractivity contribution in [1.29, 1.82) is 0 Å². The van der Waals surface area contributed by atoms with Crippen LogP contribution in [0.5, 0.6) is 0 Å². The maximum Gasteiger partial charge on any atom is 0.397 e. The molecule has 0 aliphatic heterocycles. The highest BCUT2D eigenvalue weighted by atomic mass is 19.4. The molecule has 2 N–H and O–H groups in total. The highest BCUT2D eigenvalue weighted by Crippen LogP contribution is 2.21. The molecule has 1 amide bonds. The number of aliphatic hydroxyl groups excluding tert-OH is 1. The number of hydrogen-bond acceptors (Lipinski definition) is 2. The first kappa shape index (κ1) is 13.5. The van der Waals surface area contributed by atoms with Crippen LogP contribution < -0.4 is 5.32 Å². The minimum absolute atomic E-state index is 0.234. The largest absolute Gasteiger partial charge is 0.397 e. The first-order valence-electron chi connectivity index (χ1n) is 4.92. The smallest absolute Gasteiger partial charge is 0.389 e. The number of nitrogens with one attached hydrogen (secondary N) is 1. The van der Waals surface area contributed by atoms with Gasteiger partial charge < -0.3 is 10.4 Å². The zero-order valence-electron chi connectivity index (χ0n) is 9.08. The van der Waals surface area contributed by atoms with Crippen molar-refractivity contribution in [2.24, 2.45) is 0 Å². The van der Waals surface area contributed by atoms with Crippen molar-refractivity contribution < 1.29 is 23.1 Å². The number of carbonyl (C=O) groups is 1. The fraction of sp³-hybridized carbons (Fsp3) is 0.364. The lowest BCUT2D eigenvalue weighted by atomic mass is 10.1. The molecule has 1 unspecified atom stereocenters. The van der Waals surface area contributed by atoms with Crippen LogP contribution in [0.2, 0.25) is 0 Å². The Labute approximate surface area is 96.3 Å². The van der Waals surface area contributed by atoms with E-state index < -0.39 is 24.6 Å². The Kier molecular flexibility index (Phi) is 4.11. The van der Waals surface area contributed by atoms with Gasteiger partial charge in [-0.25, -0.2) is 0 Å². The van der Waals surface area contributed by atoms with Gasteiger partial charge >= 0.3 is 6.18 Å². The van der Waals surface area contributed by atoms with E-state index in [1.807, 2.05) is 0 Å². The van der Waals surface area contributed by atoms with Gasteiger partial charge in [0, 0.05) is 5.69 Å². The van der Waals surface area contributed by atoms with E-state index in [4.69, 9.17) is 0 Å². The summed E-state index contributed by atoms with van der Waals surface area (Å²) in [6.07, 6.45) is -6.79. The van der Waals surface area contributed by atoms with Gasteiger partial charge in [0.05, 0.1) is 6.10 Å².